The first-order valence-electron chi connectivity index (χ1n) is 10.5. The van der Waals surface area contributed by atoms with Crippen molar-refractivity contribution >= 4 is 29.9 Å². The molecule has 0 radical (unpaired) electrons. The van der Waals surface area contributed by atoms with Crippen molar-refractivity contribution in [2.75, 3.05) is 44.2 Å². The third kappa shape index (κ3) is 5.59. The van der Waals surface area contributed by atoms with Crippen LogP contribution in [0.15, 0.2) is 28.7 Å². The molecule has 27 heavy (non-hydrogen) atoms. The molecule has 1 aromatic carbocycles. The van der Waals surface area contributed by atoms with Crippen molar-refractivity contribution in [3.63, 3.8) is 0 Å². The van der Waals surface area contributed by atoms with E-state index in [9.17, 15) is 0 Å². The number of halogens is 1. The molecule has 2 aliphatic rings. The van der Waals surface area contributed by atoms with Crippen LogP contribution in [0, 0.1) is 11.8 Å². The van der Waals surface area contributed by atoms with Crippen molar-refractivity contribution < 1.29 is 4.43 Å². The number of nitrogens with zero attached hydrogens (tertiary/aromatic N) is 2. The average molecular weight is 454 g/mol. The van der Waals surface area contributed by atoms with Crippen LogP contribution in [0.2, 0.25) is 18.1 Å². The average Bonchev–Trinajstić information content (AvgIpc) is 2.57. The Hall–Kier alpha value is -0.363. The number of rotatable bonds is 6. The van der Waals surface area contributed by atoms with Crippen molar-refractivity contribution in [2.45, 2.75) is 51.7 Å². The summed E-state index contributed by atoms with van der Waals surface area (Å²) in [5.41, 5.74) is 1.36. The molecule has 0 atom stereocenters. The highest BCUT2D eigenvalue weighted by Crippen LogP contribution is 2.37. The normalized spacial score (nSPS) is 20.7. The highest BCUT2D eigenvalue weighted by Gasteiger charge is 2.38. The molecule has 0 aliphatic carbocycles. The van der Waals surface area contributed by atoms with Gasteiger partial charge in [0.2, 0.25) is 0 Å². The molecule has 0 N–H and O–H groups in total. The zero-order valence-electron chi connectivity index (χ0n) is 17.8. The van der Waals surface area contributed by atoms with Crippen LogP contribution < -0.4 is 4.90 Å². The summed E-state index contributed by atoms with van der Waals surface area (Å²) < 4.78 is 7.62. The van der Waals surface area contributed by atoms with Gasteiger partial charge in [-0.1, -0.05) is 36.7 Å². The smallest absolute Gasteiger partial charge is 0.191 e. The highest BCUT2D eigenvalue weighted by atomic mass is 79.9. The molecule has 0 spiro atoms. The van der Waals surface area contributed by atoms with Gasteiger partial charge in [-0.3, -0.25) is 0 Å². The third-order valence-corrected chi connectivity index (χ3v) is 11.9. The first kappa shape index (κ1) is 21.3. The van der Waals surface area contributed by atoms with Crippen molar-refractivity contribution in [3.05, 3.63) is 28.7 Å². The molecule has 2 heterocycles. The lowest BCUT2D eigenvalue weighted by Crippen LogP contribution is -2.52. The van der Waals surface area contributed by atoms with Crippen molar-refractivity contribution in [3.8, 4) is 0 Å². The van der Waals surface area contributed by atoms with Crippen LogP contribution in [-0.4, -0.2) is 52.5 Å². The molecule has 0 aromatic heterocycles. The van der Waals surface area contributed by atoms with Crippen LogP contribution in [0.4, 0.5) is 5.69 Å². The molecule has 0 bridgehead atoms. The number of piperidine rings is 1. The number of likely N-dealkylation sites (tertiary alicyclic amines) is 1. The van der Waals surface area contributed by atoms with Crippen molar-refractivity contribution in [1.82, 2.24) is 4.90 Å². The topological polar surface area (TPSA) is 15.7 Å². The minimum absolute atomic E-state index is 0.318. The summed E-state index contributed by atoms with van der Waals surface area (Å²) in [5, 5.41) is 0.318. The van der Waals surface area contributed by atoms with E-state index in [2.05, 4.69) is 83.9 Å². The zero-order chi connectivity index (χ0) is 19.7. The van der Waals surface area contributed by atoms with Gasteiger partial charge >= 0.3 is 0 Å². The molecule has 5 heteroatoms. The first-order chi connectivity index (χ1) is 12.6. The van der Waals surface area contributed by atoms with Crippen LogP contribution >= 0.6 is 15.9 Å². The fourth-order valence-corrected chi connectivity index (χ4v) is 5.14. The van der Waals surface area contributed by atoms with E-state index < -0.39 is 8.32 Å². The predicted octanol–water partition coefficient (Wildman–Crippen LogP) is 5.62. The molecule has 0 unspecified atom stereocenters. The van der Waals surface area contributed by atoms with Gasteiger partial charge in [0.05, 0.1) is 0 Å². The molecule has 3 nitrogen and oxygen atoms in total. The monoisotopic (exact) mass is 452 g/mol. The Morgan fingerprint density at radius 3 is 2.19 bits per heavy atom. The van der Waals surface area contributed by atoms with E-state index in [0.29, 0.717) is 5.04 Å². The second-order valence-electron chi connectivity index (χ2n) is 10.1. The lowest BCUT2D eigenvalue weighted by molar-refractivity contribution is 0.117. The van der Waals surface area contributed by atoms with Gasteiger partial charge in [0, 0.05) is 42.3 Å². The summed E-state index contributed by atoms with van der Waals surface area (Å²) in [6.45, 7) is 18.9. The Morgan fingerprint density at radius 1 is 1.04 bits per heavy atom. The van der Waals surface area contributed by atoms with Gasteiger partial charge in [0.1, 0.15) is 0 Å². The Kier molecular flexibility index (Phi) is 6.77. The second-order valence-corrected chi connectivity index (χ2v) is 15.8. The molecular weight excluding hydrogens is 416 g/mol. The van der Waals surface area contributed by atoms with Gasteiger partial charge in [-0.05, 0) is 74.2 Å². The predicted molar refractivity (Wildman–Crippen MR) is 122 cm³/mol. The van der Waals surface area contributed by atoms with E-state index >= 15 is 0 Å². The third-order valence-electron chi connectivity index (χ3n) is 6.86. The summed E-state index contributed by atoms with van der Waals surface area (Å²) in [4.78, 5) is 5.18. The fraction of sp³-hybridized carbons (Fsp3) is 0.727. The number of hydrogen-bond acceptors (Lipinski definition) is 3. The number of hydrogen-bond donors (Lipinski definition) is 0. The molecule has 0 amide bonds. The van der Waals surface area contributed by atoms with Crippen LogP contribution in [0.5, 0.6) is 0 Å². The molecule has 1 aromatic rings. The Morgan fingerprint density at radius 2 is 1.63 bits per heavy atom. The van der Waals surface area contributed by atoms with Gasteiger partial charge in [0.15, 0.2) is 8.32 Å². The van der Waals surface area contributed by atoms with E-state index in [1.54, 1.807) is 0 Å². The van der Waals surface area contributed by atoms with Gasteiger partial charge in [-0.2, -0.15) is 0 Å². The maximum atomic E-state index is 6.46. The van der Waals surface area contributed by atoms with Gasteiger partial charge in [0.25, 0.3) is 0 Å². The van der Waals surface area contributed by atoms with Crippen molar-refractivity contribution in [1.29, 1.82) is 0 Å². The molecule has 0 saturated carbocycles. The quantitative estimate of drug-likeness (QED) is 0.520. The fourth-order valence-electron chi connectivity index (χ4n) is 3.79. The SMILES string of the molecule is CC(C)(C)[Si](C)(C)OCC1CCN(CC2CN(c3ccc(Br)cc3)C2)CC1. The summed E-state index contributed by atoms with van der Waals surface area (Å²) in [7, 11) is -1.59. The molecule has 152 valence electrons. The van der Waals surface area contributed by atoms with Crippen LogP contribution in [0.1, 0.15) is 33.6 Å². The van der Waals surface area contributed by atoms with E-state index in [-0.39, 0.29) is 0 Å². The highest BCUT2D eigenvalue weighted by molar-refractivity contribution is 9.10. The molecular formula is C22H37BrN2OSi. The van der Waals surface area contributed by atoms with Crippen LogP contribution in [0.25, 0.3) is 0 Å². The maximum Gasteiger partial charge on any atom is 0.191 e. The minimum atomic E-state index is -1.59. The number of anilines is 1. The largest absolute Gasteiger partial charge is 0.417 e. The van der Waals surface area contributed by atoms with Crippen LogP contribution in [0.3, 0.4) is 0 Å². The molecule has 3 rings (SSSR count). The second kappa shape index (κ2) is 8.56. The van der Waals surface area contributed by atoms with E-state index in [1.807, 2.05) is 0 Å². The van der Waals surface area contributed by atoms with Gasteiger partial charge < -0.3 is 14.2 Å². The Bertz CT molecular complexity index is 600. The lowest BCUT2D eigenvalue weighted by atomic mass is 9.94. The molecule has 2 saturated heterocycles. The van der Waals surface area contributed by atoms with Crippen LogP contribution in [-0.2, 0) is 4.43 Å². The first-order valence-corrected chi connectivity index (χ1v) is 14.2. The zero-order valence-corrected chi connectivity index (χ0v) is 20.4. The summed E-state index contributed by atoms with van der Waals surface area (Å²) in [6.07, 6.45) is 2.61. The summed E-state index contributed by atoms with van der Waals surface area (Å²) in [5.74, 6) is 1.59. The standard InChI is InChI=1S/C22H37BrN2OSi/c1-22(2,3)27(4,5)26-17-18-10-12-24(13-11-18)14-19-15-25(16-19)21-8-6-20(23)7-9-21/h6-9,18-19H,10-17H2,1-5H3. The summed E-state index contributed by atoms with van der Waals surface area (Å²) >= 11 is 3.52. The lowest BCUT2D eigenvalue weighted by Gasteiger charge is -2.44. The Balaban J connectivity index is 1.34. The Labute approximate surface area is 175 Å². The van der Waals surface area contributed by atoms with Crippen molar-refractivity contribution in [2.24, 2.45) is 11.8 Å². The van der Waals surface area contributed by atoms with E-state index in [4.69, 9.17) is 4.43 Å². The van der Waals surface area contributed by atoms with E-state index in [0.717, 1.165) is 22.9 Å². The molecule has 2 aliphatic heterocycles. The minimum Gasteiger partial charge on any atom is -0.417 e. The number of benzene rings is 1. The maximum absolute atomic E-state index is 6.46. The molecule has 2 fully saturated rings. The van der Waals surface area contributed by atoms with Gasteiger partial charge in [-0.15, -0.1) is 0 Å². The van der Waals surface area contributed by atoms with Gasteiger partial charge in [-0.25, -0.2) is 0 Å². The summed E-state index contributed by atoms with van der Waals surface area (Å²) in [6, 6.07) is 8.71. The van der Waals surface area contributed by atoms with E-state index in [1.165, 1.54) is 51.3 Å².